The summed E-state index contributed by atoms with van der Waals surface area (Å²) in [4.78, 5) is 26.8. The molecule has 1 atom stereocenters. The van der Waals surface area contributed by atoms with E-state index in [1.165, 1.54) is 6.08 Å². The van der Waals surface area contributed by atoms with Crippen molar-refractivity contribution in [1.82, 2.24) is 10.6 Å². The number of likely N-dealkylation sites (N-methyl/N-ethyl adjacent to an activating group) is 1. The molecule has 3 rings (SSSR count). The average Bonchev–Trinajstić information content (AvgIpc) is 2.85. The zero-order chi connectivity index (χ0) is 20.8. The monoisotopic (exact) mass is 390 g/mol. The van der Waals surface area contributed by atoms with Gasteiger partial charge in [-0.15, -0.1) is 0 Å². The highest BCUT2D eigenvalue weighted by atomic mass is 16.2. The Morgan fingerprint density at radius 2 is 1.86 bits per heavy atom. The van der Waals surface area contributed by atoms with Gasteiger partial charge in [0.1, 0.15) is 11.8 Å². The van der Waals surface area contributed by atoms with Crippen LogP contribution in [0.3, 0.4) is 0 Å². The lowest BCUT2D eigenvalue weighted by atomic mass is 10.1. The van der Waals surface area contributed by atoms with Gasteiger partial charge in [0.2, 0.25) is 5.91 Å². The quantitative estimate of drug-likeness (QED) is 0.663. The second-order valence-electron chi connectivity index (χ2n) is 7.17. The predicted octanol–water partition coefficient (Wildman–Crippen LogP) is 2.79. The molecule has 2 aromatic rings. The summed E-state index contributed by atoms with van der Waals surface area (Å²) in [7, 11) is 1.72. The summed E-state index contributed by atoms with van der Waals surface area (Å²) < 4.78 is 0. The van der Waals surface area contributed by atoms with Crippen molar-refractivity contribution in [3.8, 4) is 0 Å². The van der Waals surface area contributed by atoms with Crippen LogP contribution in [0.1, 0.15) is 24.5 Å². The zero-order valence-electron chi connectivity index (χ0n) is 16.7. The fourth-order valence-corrected chi connectivity index (χ4v) is 3.37. The fraction of sp³-hybridized carbons (Fsp3) is 0.261. The molecule has 2 amide bonds. The van der Waals surface area contributed by atoms with Gasteiger partial charge < -0.3 is 15.5 Å². The van der Waals surface area contributed by atoms with Gasteiger partial charge in [0.05, 0.1) is 0 Å². The first kappa shape index (κ1) is 20.3. The normalized spacial score (nSPS) is 16.6. The van der Waals surface area contributed by atoms with Crippen LogP contribution in [0, 0.1) is 5.41 Å². The number of carbonyl (C=O) groups is 2. The predicted molar refractivity (Wildman–Crippen MR) is 115 cm³/mol. The van der Waals surface area contributed by atoms with Crippen LogP contribution in [-0.2, 0) is 22.6 Å². The number of hydrogen-bond donors (Lipinski definition) is 3. The molecule has 0 bridgehead atoms. The highest BCUT2D eigenvalue weighted by molar-refractivity contribution is 6.42. The Morgan fingerprint density at radius 3 is 2.62 bits per heavy atom. The fourth-order valence-electron chi connectivity index (χ4n) is 3.37. The molecule has 0 unspecified atom stereocenters. The van der Waals surface area contributed by atoms with Crippen LogP contribution in [0.15, 0.2) is 66.4 Å². The molecule has 6 nitrogen and oxygen atoms in total. The summed E-state index contributed by atoms with van der Waals surface area (Å²) in [6.07, 6.45) is 2.68. The van der Waals surface area contributed by atoms with Crippen molar-refractivity contribution in [2.45, 2.75) is 32.4 Å². The van der Waals surface area contributed by atoms with E-state index < -0.39 is 11.9 Å². The number of benzene rings is 2. The molecule has 1 heterocycles. The Labute approximate surface area is 171 Å². The van der Waals surface area contributed by atoms with Crippen LogP contribution in [0.4, 0.5) is 5.69 Å². The van der Waals surface area contributed by atoms with Crippen molar-refractivity contribution in [2.75, 3.05) is 11.9 Å². The number of fused-ring (bicyclic) bond motifs is 1. The largest absolute Gasteiger partial charge is 0.384 e. The maximum Gasteiger partial charge on any atom is 0.269 e. The Morgan fingerprint density at radius 1 is 1.17 bits per heavy atom. The summed E-state index contributed by atoms with van der Waals surface area (Å²) in [6.45, 7) is 2.42. The molecule has 2 aromatic carbocycles. The van der Waals surface area contributed by atoms with Gasteiger partial charge in [-0.3, -0.25) is 15.0 Å². The molecule has 0 saturated heterocycles. The molecule has 3 N–H and O–H groups in total. The number of hydrogen-bond acceptors (Lipinski definition) is 4. The number of rotatable bonds is 6. The first-order valence-corrected chi connectivity index (χ1v) is 9.66. The smallest absolute Gasteiger partial charge is 0.269 e. The zero-order valence-corrected chi connectivity index (χ0v) is 16.7. The van der Waals surface area contributed by atoms with Crippen molar-refractivity contribution >= 4 is 23.2 Å². The molecule has 1 aliphatic heterocycles. The van der Waals surface area contributed by atoms with E-state index in [0.717, 1.165) is 16.8 Å². The molecule has 29 heavy (non-hydrogen) atoms. The maximum absolute atomic E-state index is 12.8. The molecule has 6 heteroatoms. The van der Waals surface area contributed by atoms with Gasteiger partial charge in [0, 0.05) is 25.0 Å². The maximum atomic E-state index is 12.8. The standard InChI is InChI=1S/C23H26N4O2/c1-16(25-15-17-8-4-3-5-9-17)14-19(24)22(28)26-20-13-12-18-10-6-7-11-21(18)27(2)23(20)29/h3-11,14,20,24-25H,12-13,15H2,1-2H3,(H,26,28)/b16-14-,24-19?/t20-/m0/s1. The van der Waals surface area contributed by atoms with E-state index in [4.69, 9.17) is 5.41 Å². The van der Waals surface area contributed by atoms with Gasteiger partial charge in [-0.05, 0) is 43.0 Å². The van der Waals surface area contributed by atoms with E-state index in [1.807, 2.05) is 61.5 Å². The Balaban J connectivity index is 1.59. The Hall–Kier alpha value is -3.41. The van der Waals surface area contributed by atoms with Gasteiger partial charge in [-0.1, -0.05) is 48.5 Å². The molecule has 1 aliphatic rings. The average molecular weight is 390 g/mol. The molecule has 0 spiro atoms. The van der Waals surface area contributed by atoms with Crippen molar-refractivity contribution in [3.63, 3.8) is 0 Å². The van der Waals surface area contributed by atoms with Crippen molar-refractivity contribution in [1.29, 1.82) is 5.41 Å². The molecule has 0 fully saturated rings. The van der Waals surface area contributed by atoms with E-state index in [1.54, 1.807) is 11.9 Å². The molecule has 0 saturated carbocycles. The number of allylic oxidation sites excluding steroid dienone is 1. The highest BCUT2D eigenvalue weighted by Gasteiger charge is 2.29. The van der Waals surface area contributed by atoms with Crippen molar-refractivity contribution in [3.05, 3.63) is 77.5 Å². The number of nitrogens with zero attached hydrogens (tertiary/aromatic N) is 1. The van der Waals surface area contributed by atoms with Crippen LogP contribution >= 0.6 is 0 Å². The van der Waals surface area contributed by atoms with Crippen LogP contribution in [0.5, 0.6) is 0 Å². The van der Waals surface area contributed by atoms with Gasteiger partial charge in [-0.25, -0.2) is 0 Å². The number of amides is 2. The summed E-state index contributed by atoms with van der Waals surface area (Å²) in [5.41, 5.74) is 3.59. The minimum atomic E-state index is -0.647. The lowest BCUT2D eigenvalue weighted by molar-refractivity contribution is -0.124. The number of aryl methyl sites for hydroxylation is 1. The van der Waals surface area contributed by atoms with Crippen LogP contribution < -0.4 is 15.5 Å². The first-order chi connectivity index (χ1) is 14.0. The van der Waals surface area contributed by atoms with Gasteiger partial charge >= 0.3 is 0 Å². The lowest BCUT2D eigenvalue weighted by Crippen LogP contribution is -2.48. The summed E-state index contributed by atoms with van der Waals surface area (Å²) in [6, 6.07) is 17.0. The summed E-state index contributed by atoms with van der Waals surface area (Å²) >= 11 is 0. The minimum Gasteiger partial charge on any atom is -0.384 e. The molecular weight excluding hydrogens is 364 g/mol. The number of nitrogens with one attached hydrogen (secondary N) is 3. The number of anilines is 1. The third-order valence-corrected chi connectivity index (χ3v) is 5.01. The second kappa shape index (κ2) is 9.19. The summed E-state index contributed by atoms with van der Waals surface area (Å²) in [5.74, 6) is -0.720. The topological polar surface area (TPSA) is 85.3 Å². The third kappa shape index (κ3) is 5.10. The van der Waals surface area contributed by atoms with Gasteiger partial charge in [-0.2, -0.15) is 0 Å². The Kier molecular flexibility index (Phi) is 6.44. The van der Waals surface area contributed by atoms with Crippen LogP contribution in [-0.4, -0.2) is 30.6 Å². The second-order valence-corrected chi connectivity index (χ2v) is 7.17. The Bertz CT molecular complexity index is 937. The van der Waals surface area contributed by atoms with Crippen molar-refractivity contribution in [2.24, 2.45) is 0 Å². The van der Waals surface area contributed by atoms with E-state index >= 15 is 0 Å². The molecule has 0 radical (unpaired) electrons. The number of para-hydroxylation sites is 1. The van der Waals surface area contributed by atoms with Crippen LogP contribution in [0.2, 0.25) is 0 Å². The van der Waals surface area contributed by atoms with E-state index in [2.05, 4.69) is 10.6 Å². The summed E-state index contributed by atoms with van der Waals surface area (Å²) in [5, 5.41) is 14.0. The van der Waals surface area contributed by atoms with Crippen molar-refractivity contribution < 1.29 is 9.59 Å². The first-order valence-electron chi connectivity index (χ1n) is 9.66. The van der Waals surface area contributed by atoms with Gasteiger partial charge in [0.15, 0.2) is 0 Å². The molecule has 0 aromatic heterocycles. The minimum absolute atomic E-state index is 0.168. The van der Waals surface area contributed by atoms with Gasteiger partial charge in [0.25, 0.3) is 5.91 Å². The van der Waals surface area contributed by atoms with E-state index in [9.17, 15) is 9.59 Å². The highest BCUT2D eigenvalue weighted by Crippen LogP contribution is 2.25. The lowest BCUT2D eigenvalue weighted by Gasteiger charge is -2.22. The molecular formula is C23H26N4O2. The number of carbonyl (C=O) groups excluding carboxylic acids is 2. The van der Waals surface area contributed by atoms with E-state index in [0.29, 0.717) is 25.1 Å². The van der Waals surface area contributed by atoms with E-state index in [-0.39, 0.29) is 11.6 Å². The molecule has 150 valence electrons. The third-order valence-electron chi connectivity index (χ3n) is 5.01. The SMILES string of the molecule is C/C(=C/C(=N)C(=O)N[C@H]1CCc2ccccc2N(C)C1=O)NCc1ccccc1. The van der Waals surface area contributed by atoms with Crippen LogP contribution in [0.25, 0.3) is 0 Å². The molecule has 0 aliphatic carbocycles.